The number of halogens is 3. The highest BCUT2D eigenvalue weighted by molar-refractivity contribution is 7.15. The molecule has 1 rings (SSSR count). The van der Waals surface area contributed by atoms with E-state index < -0.39 is 18.8 Å². The maximum absolute atomic E-state index is 11.6. The molecule has 1 heterocycles. The fourth-order valence-corrected chi connectivity index (χ4v) is 1.17. The third-order valence-electron chi connectivity index (χ3n) is 1.05. The molecule has 0 fully saturated rings. The van der Waals surface area contributed by atoms with E-state index >= 15 is 0 Å². The average molecular weight is 227 g/mol. The van der Waals surface area contributed by atoms with Crippen molar-refractivity contribution in [2.45, 2.75) is 6.18 Å². The number of carbonyl (C=O) groups is 1. The number of hydrogen-bond acceptors (Lipinski definition) is 4. The molecular formula is C6H4F3NO3S. The number of rotatable bonds is 3. The highest BCUT2D eigenvalue weighted by Crippen LogP contribution is 2.23. The third kappa shape index (κ3) is 3.21. The van der Waals surface area contributed by atoms with Crippen molar-refractivity contribution in [3.63, 3.8) is 0 Å². The summed E-state index contributed by atoms with van der Waals surface area (Å²) in [6.45, 7) is -1.47. The molecule has 1 N–H and O–H groups in total. The number of aromatic carboxylic acids is 1. The molecule has 0 aromatic carbocycles. The third-order valence-corrected chi connectivity index (χ3v) is 1.95. The highest BCUT2D eigenvalue weighted by Gasteiger charge is 2.29. The van der Waals surface area contributed by atoms with Crippen LogP contribution in [-0.4, -0.2) is 28.8 Å². The van der Waals surface area contributed by atoms with Crippen LogP contribution < -0.4 is 4.74 Å². The van der Waals surface area contributed by atoms with Crippen LogP contribution in [0.15, 0.2) is 6.20 Å². The largest absolute Gasteiger partial charge is 0.477 e. The summed E-state index contributed by atoms with van der Waals surface area (Å²) >= 11 is 0.549. The number of thiazole rings is 1. The van der Waals surface area contributed by atoms with Crippen LogP contribution in [0.3, 0.4) is 0 Å². The fraction of sp³-hybridized carbons (Fsp3) is 0.333. The first kappa shape index (κ1) is 10.8. The molecule has 14 heavy (non-hydrogen) atoms. The van der Waals surface area contributed by atoms with Crippen LogP contribution in [0.1, 0.15) is 9.67 Å². The van der Waals surface area contributed by atoms with Gasteiger partial charge in [0.2, 0.25) is 0 Å². The summed E-state index contributed by atoms with van der Waals surface area (Å²) in [7, 11) is 0. The summed E-state index contributed by atoms with van der Waals surface area (Å²) in [6, 6.07) is 0. The average Bonchev–Trinajstić information content (AvgIpc) is 2.47. The van der Waals surface area contributed by atoms with Crippen LogP contribution in [0, 0.1) is 0 Å². The predicted octanol–water partition coefficient (Wildman–Crippen LogP) is 1.78. The van der Waals surface area contributed by atoms with E-state index in [9.17, 15) is 18.0 Å². The fourth-order valence-electron chi connectivity index (χ4n) is 0.567. The molecule has 1 aromatic rings. The van der Waals surface area contributed by atoms with E-state index in [1.165, 1.54) is 0 Å². The summed E-state index contributed by atoms with van der Waals surface area (Å²) in [5, 5.41) is 8.11. The predicted molar refractivity (Wildman–Crippen MR) is 40.6 cm³/mol. The van der Waals surface area contributed by atoms with Crippen molar-refractivity contribution < 1.29 is 27.8 Å². The molecule has 0 saturated heterocycles. The van der Waals surface area contributed by atoms with Crippen LogP contribution >= 0.6 is 11.3 Å². The first-order chi connectivity index (χ1) is 6.38. The van der Waals surface area contributed by atoms with Gasteiger partial charge in [-0.25, -0.2) is 9.78 Å². The lowest BCUT2D eigenvalue weighted by atomic mass is 10.6. The van der Waals surface area contributed by atoms with Crippen molar-refractivity contribution in [1.82, 2.24) is 4.98 Å². The van der Waals surface area contributed by atoms with Gasteiger partial charge >= 0.3 is 12.1 Å². The van der Waals surface area contributed by atoms with E-state index in [-0.39, 0.29) is 10.1 Å². The van der Waals surface area contributed by atoms with Gasteiger partial charge in [-0.1, -0.05) is 11.3 Å². The number of aromatic nitrogens is 1. The highest BCUT2D eigenvalue weighted by atomic mass is 32.1. The Bertz CT molecular complexity index is 335. The first-order valence-corrected chi connectivity index (χ1v) is 4.09. The number of ether oxygens (including phenoxy) is 1. The van der Waals surface area contributed by atoms with Gasteiger partial charge in [0.25, 0.3) is 5.19 Å². The molecule has 0 radical (unpaired) electrons. The standard InChI is InChI=1S/C6H4F3NO3S/c7-6(8,9)2-13-5-10-1-3(14-5)4(11)12/h1H,2H2,(H,11,12). The summed E-state index contributed by atoms with van der Waals surface area (Å²) in [5.74, 6) is -1.25. The molecule has 0 spiro atoms. The second kappa shape index (κ2) is 3.82. The van der Waals surface area contributed by atoms with Crippen LogP contribution in [0.2, 0.25) is 0 Å². The monoisotopic (exact) mass is 227 g/mol. The Kier molecular flexibility index (Phi) is 2.94. The van der Waals surface area contributed by atoms with E-state index in [0.29, 0.717) is 11.3 Å². The van der Waals surface area contributed by atoms with Gasteiger partial charge in [0.05, 0.1) is 6.20 Å². The molecule has 0 atom stereocenters. The van der Waals surface area contributed by atoms with Crippen LogP contribution in [0.4, 0.5) is 13.2 Å². The minimum absolute atomic E-state index is 0.165. The van der Waals surface area contributed by atoms with E-state index in [1.807, 2.05) is 0 Å². The van der Waals surface area contributed by atoms with Gasteiger partial charge in [0, 0.05) is 0 Å². The Morgan fingerprint density at radius 3 is 2.71 bits per heavy atom. The van der Waals surface area contributed by atoms with Crippen molar-refractivity contribution >= 4 is 17.3 Å². The van der Waals surface area contributed by atoms with Crippen molar-refractivity contribution in [3.8, 4) is 5.19 Å². The maximum Gasteiger partial charge on any atom is 0.422 e. The Hall–Kier alpha value is -1.31. The zero-order valence-corrected chi connectivity index (χ0v) is 7.35. The molecule has 0 saturated carbocycles. The Morgan fingerprint density at radius 2 is 2.29 bits per heavy atom. The maximum atomic E-state index is 11.6. The molecule has 78 valence electrons. The van der Waals surface area contributed by atoms with Gasteiger partial charge in [0.1, 0.15) is 4.88 Å². The van der Waals surface area contributed by atoms with Gasteiger partial charge in [-0.3, -0.25) is 0 Å². The summed E-state index contributed by atoms with van der Waals surface area (Å²) in [4.78, 5) is 13.5. The van der Waals surface area contributed by atoms with Gasteiger partial charge in [0.15, 0.2) is 6.61 Å². The van der Waals surface area contributed by atoms with E-state index in [0.717, 1.165) is 6.20 Å². The summed E-state index contributed by atoms with van der Waals surface area (Å²) in [5.41, 5.74) is 0. The smallest absolute Gasteiger partial charge is 0.422 e. The molecule has 1 aromatic heterocycles. The van der Waals surface area contributed by atoms with Crippen LogP contribution in [-0.2, 0) is 0 Å². The quantitative estimate of drug-likeness (QED) is 0.855. The minimum Gasteiger partial charge on any atom is -0.477 e. The lowest BCUT2D eigenvalue weighted by Crippen LogP contribution is -2.19. The van der Waals surface area contributed by atoms with Crippen LogP contribution in [0.25, 0.3) is 0 Å². The molecule has 0 aliphatic carbocycles. The summed E-state index contributed by atoms with van der Waals surface area (Å²) < 4.78 is 39.1. The second-order valence-electron chi connectivity index (χ2n) is 2.20. The molecule has 4 nitrogen and oxygen atoms in total. The lowest BCUT2D eigenvalue weighted by molar-refractivity contribution is -0.153. The number of nitrogens with zero attached hydrogens (tertiary/aromatic N) is 1. The van der Waals surface area contributed by atoms with E-state index in [4.69, 9.17) is 5.11 Å². The summed E-state index contributed by atoms with van der Waals surface area (Å²) in [6.07, 6.45) is -3.51. The van der Waals surface area contributed by atoms with Crippen LogP contribution in [0.5, 0.6) is 5.19 Å². The van der Waals surface area contributed by atoms with Crippen molar-refractivity contribution in [1.29, 1.82) is 0 Å². The van der Waals surface area contributed by atoms with Gasteiger partial charge in [-0.15, -0.1) is 0 Å². The molecule has 0 aliphatic rings. The van der Waals surface area contributed by atoms with Crippen molar-refractivity contribution in [3.05, 3.63) is 11.1 Å². The normalized spacial score (nSPS) is 11.4. The van der Waals surface area contributed by atoms with Gasteiger partial charge in [-0.05, 0) is 0 Å². The zero-order chi connectivity index (χ0) is 10.8. The zero-order valence-electron chi connectivity index (χ0n) is 6.54. The lowest BCUT2D eigenvalue weighted by Gasteiger charge is -2.04. The number of carboxylic acid groups (broad SMARTS) is 1. The van der Waals surface area contributed by atoms with Crippen molar-refractivity contribution in [2.75, 3.05) is 6.61 Å². The van der Waals surface area contributed by atoms with E-state index in [2.05, 4.69) is 9.72 Å². The molecule has 0 bridgehead atoms. The van der Waals surface area contributed by atoms with Gasteiger partial charge in [-0.2, -0.15) is 13.2 Å². The number of carboxylic acids is 1. The SMILES string of the molecule is O=C(O)c1cnc(OCC(F)(F)F)s1. The first-order valence-electron chi connectivity index (χ1n) is 3.27. The minimum atomic E-state index is -4.45. The number of hydrogen-bond donors (Lipinski definition) is 1. The Balaban J connectivity index is 2.56. The van der Waals surface area contributed by atoms with E-state index in [1.54, 1.807) is 0 Å². The molecule has 0 amide bonds. The van der Waals surface area contributed by atoms with Crippen molar-refractivity contribution in [2.24, 2.45) is 0 Å². The van der Waals surface area contributed by atoms with Gasteiger partial charge < -0.3 is 9.84 Å². The molecule has 8 heteroatoms. The number of alkyl halides is 3. The Labute approximate surface area is 80.0 Å². The molecule has 0 aliphatic heterocycles. The molecular weight excluding hydrogens is 223 g/mol. The second-order valence-corrected chi connectivity index (χ2v) is 3.19. The Morgan fingerprint density at radius 1 is 1.64 bits per heavy atom. The molecule has 0 unspecified atom stereocenters. The topological polar surface area (TPSA) is 59.4 Å².